The molecule has 0 saturated carbocycles. The summed E-state index contributed by atoms with van der Waals surface area (Å²) < 4.78 is 0. The molecule has 0 aromatic carbocycles. The van der Waals surface area contributed by atoms with Crippen molar-refractivity contribution < 1.29 is 5.11 Å². The van der Waals surface area contributed by atoms with Crippen LogP contribution in [0.3, 0.4) is 0 Å². The number of hydrogen-bond donors (Lipinski definition) is 1. The van der Waals surface area contributed by atoms with Gasteiger partial charge in [-0.3, -0.25) is 0 Å². The van der Waals surface area contributed by atoms with Crippen molar-refractivity contribution in [1.29, 1.82) is 0 Å². The zero-order chi connectivity index (χ0) is 9.78. The molecule has 0 fully saturated rings. The monoisotopic (exact) mass is 173 g/mol. The molecule has 2 heteroatoms. The van der Waals surface area contributed by atoms with Crippen LogP contribution in [0.2, 0.25) is 0 Å². The van der Waals surface area contributed by atoms with Crippen molar-refractivity contribution in [3.63, 3.8) is 0 Å². The summed E-state index contributed by atoms with van der Waals surface area (Å²) in [6.07, 6.45) is 0. The number of aliphatic hydroxyl groups excluding tert-OH is 1. The molecule has 0 unspecified atom stereocenters. The molecule has 0 heterocycles. The summed E-state index contributed by atoms with van der Waals surface area (Å²) in [5.74, 6) is 0. The average Bonchev–Trinajstić information content (AvgIpc) is 2.00. The molecule has 0 aliphatic carbocycles. The third kappa shape index (κ3) is 4.07. The standard InChI is InChI=1S/C10H23NO/c1-6-11(9(2)3)7-10(4,5)8-12/h9,12H,6-8H2,1-5H3. The van der Waals surface area contributed by atoms with Gasteiger partial charge < -0.3 is 10.0 Å². The van der Waals surface area contributed by atoms with E-state index in [-0.39, 0.29) is 12.0 Å². The van der Waals surface area contributed by atoms with Crippen LogP contribution in [0.5, 0.6) is 0 Å². The van der Waals surface area contributed by atoms with Crippen molar-refractivity contribution in [3.8, 4) is 0 Å². The van der Waals surface area contributed by atoms with Crippen LogP contribution in [0.15, 0.2) is 0 Å². The van der Waals surface area contributed by atoms with Gasteiger partial charge in [0.1, 0.15) is 0 Å². The molecule has 0 aromatic rings. The van der Waals surface area contributed by atoms with E-state index in [0.29, 0.717) is 6.04 Å². The first-order valence-corrected chi connectivity index (χ1v) is 4.78. The Bertz CT molecular complexity index is 121. The average molecular weight is 173 g/mol. The van der Waals surface area contributed by atoms with Crippen LogP contribution in [-0.2, 0) is 0 Å². The Kier molecular flexibility index (Phi) is 4.80. The summed E-state index contributed by atoms with van der Waals surface area (Å²) in [5.41, 5.74) is 0.0281. The minimum absolute atomic E-state index is 0.0281. The van der Waals surface area contributed by atoms with E-state index < -0.39 is 0 Å². The summed E-state index contributed by atoms with van der Waals surface area (Å²) in [4.78, 5) is 2.37. The van der Waals surface area contributed by atoms with Crippen molar-refractivity contribution in [3.05, 3.63) is 0 Å². The maximum Gasteiger partial charge on any atom is 0.0494 e. The van der Waals surface area contributed by atoms with Gasteiger partial charge in [-0.05, 0) is 20.4 Å². The molecule has 1 N–H and O–H groups in total. The van der Waals surface area contributed by atoms with Crippen molar-refractivity contribution in [2.24, 2.45) is 5.41 Å². The van der Waals surface area contributed by atoms with E-state index in [4.69, 9.17) is 5.11 Å². The van der Waals surface area contributed by atoms with Crippen LogP contribution >= 0.6 is 0 Å². The highest BCUT2D eigenvalue weighted by molar-refractivity contribution is 4.74. The van der Waals surface area contributed by atoms with Crippen LogP contribution in [0, 0.1) is 5.41 Å². The van der Waals surface area contributed by atoms with Crippen molar-refractivity contribution >= 4 is 0 Å². The minimum Gasteiger partial charge on any atom is -0.396 e. The third-order valence-electron chi connectivity index (χ3n) is 2.20. The van der Waals surface area contributed by atoms with E-state index in [1.807, 2.05) is 0 Å². The highest BCUT2D eigenvalue weighted by Crippen LogP contribution is 2.16. The number of nitrogens with zero attached hydrogens (tertiary/aromatic N) is 1. The molecule has 0 aliphatic heterocycles. The van der Waals surface area contributed by atoms with E-state index in [9.17, 15) is 0 Å². The van der Waals surface area contributed by atoms with Gasteiger partial charge in [-0.15, -0.1) is 0 Å². The molecule has 0 bridgehead atoms. The van der Waals surface area contributed by atoms with Gasteiger partial charge in [-0.25, -0.2) is 0 Å². The predicted octanol–water partition coefficient (Wildman–Crippen LogP) is 1.74. The Balaban J connectivity index is 4.01. The van der Waals surface area contributed by atoms with Crippen LogP contribution in [-0.4, -0.2) is 35.7 Å². The van der Waals surface area contributed by atoms with E-state index in [1.165, 1.54) is 0 Å². The van der Waals surface area contributed by atoms with Crippen molar-refractivity contribution in [2.45, 2.75) is 40.7 Å². The molecule has 0 atom stereocenters. The molecule has 0 spiro atoms. The van der Waals surface area contributed by atoms with Gasteiger partial charge in [-0.2, -0.15) is 0 Å². The Hall–Kier alpha value is -0.0800. The van der Waals surface area contributed by atoms with Crippen LogP contribution < -0.4 is 0 Å². The van der Waals surface area contributed by atoms with Gasteiger partial charge in [0.15, 0.2) is 0 Å². The van der Waals surface area contributed by atoms with E-state index in [0.717, 1.165) is 13.1 Å². The van der Waals surface area contributed by atoms with Crippen LogP contribution in [0.25, 0.3) is 0 Å². The Morgan fingerprint density at radius 3 is 2.08 bits per heavy atom. The molecule has 0 amide bonds. The SMILES string of the molecule is CCN(CC(C)(C)CO)C(C)C. The van der Waals surface area contributed by atoms with E-state index in [1.54, 1.807) is 0 Å². The first-order chi connectivity index (χ1) is 5.43. The highest BCUT2D eigenvalue weighted by atomic mass is 16.3. The topological polar surface area (TPSA) is 23.5 Å². The zero-order valence-corrected chi connectivity index (χ0v) is 9.09. The largest absolute Gasteiger partial charge is 0.396 e. The predicted molar refractivity (Wildman–Crippen MR) is 53.2 cm³/mol. The first-order valence-electron chi connectivity index (χ1n) is 4.78. The van der Waals surface area contributed by atoms with Gasteiger partial charge in [0.05, 0.1) is 0 Å². The maximum atomic E-state index is 9.09. The van der Waals surface area contributed by atoms with Gasteiger partial charge in [0.25, 0.3) is 0 Å². The molecule has 0 aromatic heterocycles. The fraction of sp³-hybridized carbons (Fsp3) is 1.00. The molecule has 2 nitrogen and oxygen atoms in total. The summed E-state index contributed by atoms with van der Waals surface area (Å²) in [7, 11) is 0. The zero-order valence-electron chi connectivity index (χ0n) is 9.09. The number of hydrogen-bond acceptors (Lipinski definition) is 2. The summed E-state index contributed by atoms with van der Waals surface area (Å²) in [6, 6.07) is 0.570. The lowest BCUT2D eigenvalue weighted by atomic mass is 9.93. The minimum atomic E-state index is 0.0281. The van der Waals surface area contributed by atoms with E-state index in [2.05, 4.69) is 39.5 Å². The Labute approximate surface area is 76.6 Å². The Morgan fingerprint density at radius 1 is 1.33 bits per heavy atom. The summed E-state index contributed by atoms with van der Waals surface area (Å²) >= 11 is 0. The van der Waals surface area contributed by atoms with Crippen LogP contribution in [0.4, 0.5) is 0 Å². The molecule has 0 radical (unpaired) electrons. The van der Waals surface area contributed by atoms with Crippen LogP contribution in [0.1, 0.15) is 34.6 Å². The van der Waals surface area contributed by atoms with Crippen molar-refractivity contribution in [2.75, 3.05) is 19.7 Å². The normalized spacial score (nSPS) is 13.0. The second kappa shape index (κ2) is 4.83. The van der Waals surface area contributed by atoms with Gasteiger partial charge in [0, 0.05) is 24.6 Å². The fourth-order valence-corrected chi connectivity index (χ4v) is 1.26. The lowest BCUT2D eigenvalue weighted by Gasteiger charge is -2.33. The van der Waals surface area contributed by atoms with E-state index >= 15 is 0 Å². The molecule has 12 heavy (non-hydrogen) atoms. The molecule has 74 valence electrons. The highest BCUT2D eigenvalue weighted by Gasteiger charge is 2.21. The Morgan fingerprint density at radius 2 is 1.83 bits per heavy atom. The summed E-state index contributed by atoms with van der Waals surface area (Å²) in [6.45, 7) is 13.0. The second-order valence-corrected chi connectivity index (χ2v) is 4.48. The molecule has 0 rings (SSSR count). The van der Waals surface area contributed by atoms with Gasteiger partial charge in [0.2, 0.25) is 0 Å². The molecule has 0 saturated heterocycles. The number of aliphatic hydroxyl groups is 1. The van der Waals surface area contributed by atoms with Crippen molar-refractivity contribution in [1.82, 2.24) is 4.90 Å². The fourth-order valence-electron chi connectivity index (χ4n) is 1.26. The third-order valence-corrected chi connectivity index (χ3v) is 2.20. The smallest absolute Gasteiger partial charge is 0.0494 e. The lowest BCUT2D eigenvalue weighted by Crippen LogP contribution is -2.40. The lowest BCUT2D eigenvalue weighted by molar-refractivity contribution is 0.0901. The first kappa shape index (κ1) is 11.9. The molecule has 0 aliphatic rings. The quantitative estimate of drug-likeness (QED) is 0.684. The van der Waals surface area contributed by atoms with Gasteiger partial charge in [-0.1, -0.05) is 20.8 Å². The second-order valence-electron chi connectivity index (χ2n) is 4.48. The van der Waals surface area contributed by atoms with Gasteiger partial charge >= 0.3 is 0 Å². The molecular weight excluding hydrogens is 150 g/mol. The maximum absolute atomic E-state index is 9.09. The number of rotatable bonds is 5. The summed E-state index contributed by atoms with van der Waals surface area (Å²) in [5, 5.41) is 9.09. The molecular formula is C10H23NO.